The van der Waals surface area contributed by atoms with Crippen LogP contribution in [0.25, 0.3) is 84.4 Å². The predicted molar refractivity (Wildman–Crippen MR) is 238 cm³/mol. The first-order chi connectivity index (χ1) is 28.6. The van der Waals surface area contributed by atoms with Gasteiger partial charge < -0.3 is 4.57 Å². The molecule has 10 rings (SSSR count). The summed E-state index contributed by atoms with van der Waals surface area (Å²) in [6.45, 7) is 2.34. The molecule has 9 aromatic rings. The molecular weight excluding hydrogens is 705 g/mol. The second-order valence-electron chi connectivity index (χ2n) is 15.0. The molecule has 0 saturated heterocycles. The third kappa shape index (κ3) is 6.49. The van der Waals surface area contributed by atoms with Gasteiger partial charge in [-0.3, -0.25) is 0 Å². The molecule has 58 heavy (non-hydrogen) atoms. The lowest BCUT2D eigenvalue weighted by Crippen LogP contribution is -2.11. The van der Waals surface area contributed by atoms with E-state index in [9.17, 15) is 5.26 Å². The van der Waals surface area contributed by atoms with Crippen LogP contribution in [0.3, 0.4) is 0 Å². The van der Waals surface area contributed by atoms with Crippen LogP contribution in [-0.2, 0) is 6.42 Å². The van der Waals surface area contributed by atoms with Crippen LogP contribution < -0.4 is 0 Å². The smallest absolute Gasteiger partial charge is 0.160 e. The Morgan fingerprint density at radius 1 is 0.517 bits per heavy atom. The number of hydrogen-bond acceptors (Lipinski definition) is 3. The maximum Gasteiger partial charge on any atom is 0.160 e. The molecule has 0 N–H and O–H groups in total. The number of hydrogen-bond donors (Lipinski definition) is 0. The van der Waals surface area contributed by atoms with Crippen molar-refractivity contribution < 1.29 is 0 Å². The average Bonchev–Trinajstić information content (AvgIpc) is 3.62. The third-order valence-corrected chi connectivity index (χ3v) is 11.3. The highest BCUT2D eigenvalue weighted by atomic mass is 15.0. The third-order valence-electron chi connectivity index (χ3n) is 11.3. The van der Waals surface area contributed by atoms with Gasteiger partial charge in [0, 0.05) is 27.8 Å². The number of nitrogens with zero attached hydrogens (tertiary/aromatic N) is 4. The zero-order valence-corrected chi connectivity index (χ0v) is 32.0. The maximum atomic E-state index is 9.91. The molecule has 7 aromatic carbocycles. The number of fused-ring (bicyclic) bond motifs is 3. The Hall–Kier alpha value is -7.61. The van der Waals surface area contributed by atoms with Crippen molar-refractivity contribution in [1.82, 2.24) is 14.5 Å². The van der Waals surface area contributed by atoms with Crippen molar-refractivity contribution in [2.24, 2.45) is 5.92 Å². The van der Waals surface area contributed by atoms with E-state index in [2.05, 4.69) is 157 Å². The van der Waals surface area contributed by atoms with Gasteiger partial charge >= 0.3 is 0 Å². The van der Waals surface area contributed by atoms with Gasteiger partial charge in [-0.2, -0.15) is 5.26 Å². The fourth-order valence-corrected chi connectivity index (χ4v) is 8.42. The summed E-state index contributed by atoms with van der Waals surface area (Å²) in [5, 5.41) is 11.2. The highest BCUT2D eigenvalue weighted by Crippen LogP contribution is 2.43. The van der Waals surface area contributed by atoms with E-state index in [1.807, 2.05) is 54.6 Å². The van der Waals surface area contributed by atoms with Crippen LogP contribution in [0.5, 0.6) is 0 Å². The van der Waals surface area contributed by atoms with Crippen LogP contribution in [-0.4, -0.2) is 14.5 Å². The lowest BCUT2D eigenvalue weighted by Gasteiger charge is -2.24. The lowest BCUT2D eigenvalue weighted by molar-refractivity contribution is 0.738. The Bertz CT molecular complexity index is 2970. The van der Waals surface area contributed by atoms with Gasteiger partial charge in [0.25, 0.3) is 0 Å². The standard InChI is InChI=1S/C54H38N4/c1-36-28-49-47-22-11-12-23-52(47)58(53(49)33-48(36)40-26-24-39(25-27-40)38-15-5-2-6-16-38)46-31-44(43-21-13-14-37(29-43)35-55)30-45(32-46)51-34-50(41-17-7-3-8-18-41)56-54(57-51)42-19-9-4-10-20-42/h2-27,29-34,36H,28H2,1H3. The molecule has 0 bridgehead atoms. The minimum absolute atomic E-state index is 0.332. The molecule has 1 aliphatic rings. The zero-order chi connectivity index (χ0) is 39.0. The number of benzene rings is 7. The second kappa shape index (κ2) is 14.8. The fourth-order valence-electron chi connectivity index (χ4n) is 8.42. The number of nitriles is 1. The summed E-state index contributed by atoms with van der Waals surface area (Å²) in [5.74, 6) is 0.998. The summed E-state index contributed by atoms with van der Waals surface area (Å²) in [5.41, 5.74) is 16.9. The summed E-state index contributed by atoms with van der Waals surface area (Å²) in [7, 11) is 0. The molecule has 2 heterocycles. The van der Waals surface area contributed by atoms with E-state index >= 15 is 0 Å². The molecular formula is C54H38N4. The molecule has 1 atom stereocenters. The van der Waals surface area contributed by atoms with Crippen molar-refractivity contribution in [3.8, 4) is 67.9 Å². The van der Waals surface area contributed by atoms with Crippen molar-refractivity contribution in [3.63, 3.8) is 0 Å². The predicted octanol–water partition coefficient (Wildman–Crippen LogP) is 13.4. The average molecular weight is 743 g/mol. The molecule has 274 valence electrons. The fraction of sp³-hybridized carbons (Fsp3) is 0.0556. The van der Waals surface area contributed by atoms with E-state index in [4.69, 9.17) is 9.97 Å². The van der Waals surface area contributed by atoms with Crippen LogP contribution >= 0.6 is 0 Å². The van der Waals surface area contributed by atoms with Crippen LogP contribution in [0.1, 0.15) is 29.3 Å². The quantitative estimate of drug-likeness (QED) is 0.163. The first kappa shape index (κ1) is 34.8. The van der Waals surface area contributed by atoms with Gasteiger partial charge in [0.05, 0.1) is 34.2 Å². The first-order valence-corrected chi connectivity index (χ1v) is 19.8. The van der Waals surface area contributed by atoms with Crippen molar-refractivity contribution >= 4 is 22.6 Å². The van der Waals surface area contributed by atoms with Crippen LogP contribution in [0.2, 0.25) is 0 Å². The molecule has 4 heteroatoms. The van der Waals surface area contributed by atoms with E-state index < -0.39 is 0 Å². The summed E-state index contributed by atoms with van der Waals surface area (Å²) < 4.78 is 2.42. The molecule has 0 spiro atoms. The van der Waals surface area contributed by atoms with E-state index in [0.717, 1.165) is 56.8 Å². The zero-order valence-electron chi connectivity index (χ0n) is 32.0. The summed E-state index contributed by atoms with van der Waals surface area (Å²) >= 11 is 0. The highest BCUT2D eigenvalue weighted by molar-refractivity contribution is 5.96. The van der Waals surface area contributed by atoms with E-state index in [1.54, 1.807) is 0 Å². The molecule has 0 fully saturated rings. The number of rotatable bonds is 7. The minimum Gasteiger partial charge on any atom is -0.310 e. The number of aromatic nitrogens is 3. The van der Waals surface area contributed by atoms with Gasteiger partial charge in [-0.15, -0.1) is 0 Å². The Kier molecular flexibility index (Phi) is 8.89. The topological polar surface area (TPSA) is 54.5 Å². The van der Waals surface area contributed by atoms with Gasteiger partial charge in [0.15, 0.2) is 5.82 Å². The van der Waals surface area contributed by atoms with Gasteiger partial charge in [-0.25, -0.2) is 9.97 Å². The summed E-state index contributed by atoms with van der Waals surface area (Å²) in [4.78, 5) is 10.3. The monoisotopic (exact) mass is 742 g/mol. The molecule has 0 amide bonds. The Morgan fingerprint density at radius 3 is 1.83 bits per heavy atom. The summed E-state index contributed by atoms with van der Waals surface area (Å²) in [6.07, 6.45) is 3.34. The van der Waals surface area contributed by atoms with Crippen LogP contribution in [0.15, 0.2) is 188 Å². The van der Waals surface area contributed by atoms with Crippen molar-refractivity contribution in [1.29, 1.82) is 5.26 Å². The Morgan fingerprint density at radius 2 is 1.10 bits per heavy atom. The van der Waals surface area contributed by atoms with Crippen LogP contribution in [0, 0.1) is 17.2 Å². The highest BCUT2D eigenvalue weighted by Gasteiger charge is 2.26. The largest absolute Gasteiger partial charge is 0.310 e. The Labute approximate surface area is 338 Å². The molecule has 0 radical (unpaired) electrons. The SMILES string of the molecule is CC1Cc2c(n(-c3cc(-c4cccc(C#N)c4)cc(-c4cc(-c5ccccc5)nc(-c5ccccc5)n4)c3)c3ccccc23)C=C1c1ccc(-c2ccccc2)cc1. The number of para-hydroxylation sites is 1. The van der Waals surface area contributed by atoms with E-state index in [1.165, 1.54) is 38.9 Å². The van der Waals surface area contributed by atoms with E-state index in [0.29, 0.717) is 17.3 Å². The molecule has 4 nitrogen and oxygen atoms in total. The normalized spacial score (nSPS) is 13.4. The van der Waals surface area contributed by atoms with Gasteiger partial charge in [0.1, 0.15) is 0 Å². The van der Waals surface area contributed by atoms with Gasteiger partial charge in [-0.1, -0.05) is 153 Å². The summed E-state index contributed by atoms with van der Waals surface area (Å²) in [6, 6.07) is 67.8. The lowest BCUT2D eigenvalue weighted by atomic mass is 9.82. The van der Waals surface area contributed by atoms with Crippen LogP contribution in [0.4, 0.5) is 0 Å². The molecule has 0 saturated carbocycles. The van der Waals surface area contributed by atoms with Crippen molar-refractivity contribution in [2.75, 3.05) is 0 Å². The first-order valence-electron chi connectivity index (χ1n) is 19.8. The number of allylic oxidation sites excluding steroid dienone is 1. The molecule has 2 aromatic heterocycles. The van der Waals surface area contributed by atoms with Gasteiger partial charge in [-0.05, 0) is 99.8 Å². The molecule has 0 aliphatic heterocycles. The molecule has 1 aliphatic carbocycles. The van der Waals surface area contributed by atoms with Crippen molar-refractivity contribution in [3.05, 3.63) is 210 Å². The minimum atomic E-state index is 0.332. The van der Waals surface area contributed by atoms with Crippen molar-refractivity contribution in [2.45, 2.75) is 13.3 Å². The van der Waals surface area contributed by atoms with Gasteiger partial charge in [0.2, 0.25) is 0 Å². The molecule has 1 unspecified atom stereocenters. The van der Waals surface area contributed by atoms with E-state index in [-0.39, 0.29) is 0 Å². The second-order valence-corrected chi connectivity index (χ2v) is 15.0. The maximum absolute atomic E-state index is 9.91. The Balaban J connectivity index is 1.19.